The summed E-state index contributed by atoms with van der Waals surface area (Å²) in [6, 6.07) is 4.05. The maximum absolute atomic E-state index is 12.2. The first-order chi connectivity index (χ1) is 12.8. The second-order valence-electron chi connectivity index (χ2n) is 7.26. The summed E-state index contributed by atoms with van der Waals surface area (Å²) in [7, 11) is 0. The van der Waals surface area contributed by atoms with Gasteiger partial charge in [0.2, 0.25) is 11.8 Å². The van der Waals surface area contributed by atoms with Gasteiger partial charge in [-0.2, -0.15) is 0 Å². The predicted octanol–water partition coefficient (Wildman–Crippen LogP) is 3.33. The number of amides is 1. The Hall–Kier alpha value is -1.12. The molecule has 2 aromatic heterocycles. The van der Waals surface area contributed by atoms with Gasteiger partial charge in [-0.15, -0.1) is 36.2 Å². The van der Waals surface area contributed by atoms with E-state index in [1.54, 1.807) is 17.6 Å². The van der Waals surface area contributed by atoms with Crippen LogP contribution in [0.15, 0.2) is 28.2 Å². The lowest BCUT2D eigenvalue weighted by Crippen LogP contribution is -2.45. The quantitative estimate of drug-likeness (QED) is 0.711. The normalized spacial score (nSPS) is 22.3. The van der Waals surface area contributed by atoms with Crippen molar-refractivity contribution in [2.24, 2.45) is 5.92 Å². The van der Waals surface area contributed by atoms with Crippen molar-refractivity contribution in [3.8, 4) is 10.8 Å². The van der Waals surface area contributed by atoms with Crippen molar-refractivity contribution in [2.75, 3.05) is 26.2 Å². The maximum atomic E-state index is 12.2. The van der Waals surface area contributed by atoms with E-state index in [-0.39, 0.29) is 36.8 Å². The van der Waals surface area contributed by atoms with Crippen molar-refractivity contribution in [2.45, 2.75) is 38.3 Å². The van der Waals surface area contributed by atoms with E-state index in [0.29, 0.717) is 11.8 Å². The van der Waals surface area contributed by atoms with Crippen LogP contribution in [0.4, 0.5) is 0 Å². The summed E-state index contributed by atoms with van der Waals surface area (Å²) in [4.78, 5) is 20.3. The molecule has 28 heavy (non-hydrogen) atoms. The highest BCUT2D eigenvalue weighted by atomic mass is 35.5. The zero-order valence-electron chi connectivity index (χ0n) is 15.8. The number of carbonyl (C=O) groups excluding carboxylic acids is 1. The lowest BCUT2D eigenvalue weighted by Gasteiger charge is -2.32. The van der Waals surface area contributed by atoms with Gasteiger partial charge in [0.25, 0.3) is 0 Å². The highest BCUT2D eigenvalue weighted by molar-refractivity contribution is 7.13. The zero-order chi connectivity index (χ0) is 17.8. The van der Waals surface area contributed by atoms with Gasteiger partial charge < -0.3 is 15.1 Å². The molecule has 2 saturated heterocycles. The lowest BCUT2D eigenvalue weighted by atomic mass is 9.97. The van der Waals surface area contributed by atoms with Crippen LogP contribution in [-0.2, 0) is 11.3 Å². The summed E-state index contributed by atoms with van der Waals surface area (Å²) >= 11 is 1.64. The average Bonchev–Trinajstić information content (AvgIpc) is 3.41. The molecule has 2 atom stereocenters. The van der Waals surface area contributed by atoms with Crippen molar-refractivity contribution in [1.29, 1.82) is 0 Å². The van der Waals surface area contributed by atoms with Gasteiger partial charge in [-0.1, -0.05) is 6.07 Å². The molecule has 2 aliphatic rings. The average molecular weight is 447 g/mol. The molecule has 2 N–H and O–H groups in total. The summed E-state index contributed by atoms with van der Waals surface area (Å²) in [5, 5.41) is 8.43. The Kier molecular flexibility index (Phi) is 9.24. The minimum absolute atomic E-state index is 0. The van der Waals surface area contributed by atoms with Crippen LogP contribution in [0.2, 0.25) is 0 Å². The Morgan fingerprint density at radius 1 is 1.36 bits per heavy atom. The number of thiophene rings is 1. The lowest BCUT2D eigenvalue weighted by molar-refractivity contribution is -0.123. The van der Waals surface area contributed by atoms with E-state index in [1.165, 1.54) is 6.42 Å². The summed E-state index contributed by atoms with van der Waals surface area (Å²) in [5.74, 6) is 1.38. The van der Waals surface area contributed by atoms with Gasteiger partial charge in [0, 0.05) is 19.6 Å². The number of hydrogen-bond donors (Lipinski definition) is 2. The van der Waals surface area contributed by atoms with Crippen LogP contribution < -0.4 is 10.6 Å². The van der Waals surface area contributed by atoms with E-state index >= 15 is 0 Å². The minimum Gasteiger partial charge on any atom is -0.444 e. The second kappa shape index (κ2) is 11.2. The van der Waals surface area contributed by atoms with Gasteiger partial charge in [-0.05, 0) is 56.1 Å². The third kappa shape index (κ3) is 5.94. The molecule has 0 saturated carbocycles. The number of oxazole rings is 1. The summed E-state index contributed by atoms with van der Waals surface area (Å²) < 4.78 is 5.62. The van der Waals surface area contributed by atoms with Gasteiger partial charge in [0.05, 0.1) is 16.6 Å². The van der Waals surface area contributed by atoms with Crippen LogP contribution in [0, 0.1) is 5.92 Å². The topological polar surface area (TPSA) is 70.4 Å². The molecule has 0 aromatic carbocycles. The second-order valence-corrected chi connectivity index (χ2v) is 8.21. The van der Waals surface area contributed by atoms with Gasteiger partial charge in [0.1, 0.15) is 6.26 Å². The number of likely N-dealkylation sites (tertiary alicyclic amines) is 1. The van der Waals surface area contributed by atoms with Crippen molar-refractivity contribution in [3.63, 3.8) is 0 Å². The van der Waals surface area contributed by atoms with Crippen LogP contribution in [-0.4, -0.2) is 48.0 Å². The van der Waals surface area contributed by atoms with Gasteiger partial charge in [-0.25, -0.2) is 4.98 Å². The molecule has 0 spiro atoms. The van der Waals surface area contributed by atoms with E-state index in [0.717, 1.165) is 62.6 Å². The van der Waals surface area contributed by atoms with Crippen LogP contribution >= 0.6 is 36.2 Å². The molecule has 0 radical (unpaired) electrons. The Balaban J connectivity index is 0.00000140. The zero-order valence-corrected chi connectivity index (χ0v) is 18.2. The molecule has 0 aliphatic carbocycles. The fourth-order valence-electron chi connectivity index (χ4n) is 3.86. The largest absolute Gasteiger partial charge is 0.444 e. The fourth-order valence-corrected chi connectivity index (χ4v) is 4.52. The monoisotopic (exact) mass is 446 g/mol. The molecule has 156 valence electrons. The molecule has 9 heteroatoms. The first-order valence-electron chi connectivity index (χ1n) is 9.49. The number of nitrogens with zero attached hydrogens (tertiary/aromatic N) is 2. The number of hydrogen-bond acceptors (Lipinski definition) is 6. The third-order valence-corrected chi connectivity index (χ3v) is 6.07. The summed E-state index contributed by atoms with van der Waals surface area (Å²) in [5.41, 5.74) is 0.980. The number of rotatable bonds is 6. The Morgan fingerprint density at radius 2 is 2.25 bits per heavy atom. The van der Waals surface area contributed by atoms with Crippen molar-refractivity contribution >= 4 is 42.1 Å². The van der Waals surface area contributed by atoms with Crippen molar-refractivity contribution in [3.05, 3.63) is 29.5 Å². The van der Waals surface area contributed by atoms with Gasteiger partial charge in [0.15, 0.2) is 0 Å². The molecule has 2 aromatic rings. The van der Waals surface area contributed by atoms with Gasteiger partial charge >= 0.3 is 0 Å². The van der Waals surface area contributed by atoms with E-state index in [4.69, 9.17) is 4.42 Å². The molecule has 2 unspecified atom stereocenters. The minimum atomic E-state index is 0. The summed E-state index contributed by atoms with van der Waals surface area (Å²) in [6.07, 6.45) is 6.17. The molecular weight excluding hydrogens is 419 g/mol. The standard InChI is InChI=1S/C19H26N4O2S.2ClH/c24-18(16-5-1-7-20-16)21-10-14-4-2-8-23(11-14)12-15-13-25-19(22-15)17-6-3-9-26-17;;/h3,6,9,13-14,16,20H,1-2,4-5,7-8,10-12H2,(H,21,24);2*1H. The Morgan fingerprint density at radius 3 is 3.00 bits per heavy atom. The third-order valence-electron chi connectivity index (χ3n) is 5.21. The van der Waals surface area contributed by atoms with E-state index < -0.39 is 0 Å². The van der Waals surface area contributed by atoms with Crippen LogP contribution in [0.25, 0.3) is 10.8 Å². The molecule has 6 nitrogen and oxygen atoms in total. The van der Waals surface area contributed by atoms with Crippen LogP contribution in [0.1, 0.15) is 31.4 Å². The van der Waals surface area contributed by atoms with Crippen molar-refractivity contribution < 1.29 is 9.21 Å². The van der Waals surface area contributed by atoms with E-state index in [1.807, 2.05) is 17.5 Å². The van der Waals surface area contributed by atoms with Crippen molar-refractivity contribution in [1.82, 2.24) is 20.5 Å². The van der Waals surface area contributed by atoms with E-state index in [2.05, 4.69) is 20.5 Å². The maximum Gasteiger partial charge on any atom is 0.237 e. The molecular formula is C19H28Cl2N4O2S. The molecule has 4 rings (SSSR count). The number of nitrogens with one attached hydrogen (secondary N) is 2. The number of aromatic nitrogens is 1. The SMILES string of the molecule is Cl.Cl.O=C(NCC1CCCN(Cc2coc(-c3cccs3)n2)C1)C1CCCN1. The smallest absolute Gasteiger partial charge is 0.237 e. The van der Waals surface area contributed by atoms with E-state index in [9.17, 15) is 4.79 Å². The molecule has 4 heterocycles. The Bertz CT molecular complexity index is 719. The fraction of sp³-hybridized carbons (Fsp3) is 0.579. The molecule has 2 aliphatic heterocycles. The summed E-state index contributed by atoms with van der Waals surface area (Å²) in [6.45, 7) is 4.62. The first kappa shape index (κ1) is 23.2. The number of halogens is 2. The number of piperidine rings is 1. The molecule has 2 fully saturated rings. The highest BCUT2D eigenvalue weighted by Crippen LogP contribution is 2.25. The Labute approximate surface area is 182 Å². The molecule has 0 bridgehead atoms. The predicted molar refractivity (Wildman–Crippen MR) is 116 cm³/mol. The number of carbonyl (C=O) groups is 1. The van der Waals surface area contributed by atoms with Crippen LogP contribution in [0.5, 0.6) is 0 Å². The highest BCUT2D eigenvalue weighted by Gasteiger charge is 2.25. The van der Waals surface area contributed by atoms with Crippen LogP contribution in [0.3, 0.4) is 0 Å². The van der Waals surface area contributed by atoms with Gasteiger partial charge in [-0.3, -0.25) is 9.69 Å². The molecule has 1 amide bonds. The first-order valence-corrected chi connectivity index (χ1v) is 10.4.